The molecule has 1 aliphatic heterocycles. The number of benzene rings is 1. The Morgan fingerprint density at radius 3 is 2.28 bits per heavy atom. The van der Waals surface area contributed by atoms with Crippen LogP contribution in [0.1, 0.15) is 17.0 Å². The van der Waals surface area contributed by atoms with Crippen LogP contribution >= 0.6 is 11.8 Å². The van der Waals surface area contributed by atoms with E-state index in [2.05, 4.69) is 81.4 Å². The summed E-state index contributed by atoms with van der Waals surface area (Å²) in [6.07, 6.45) is 7.27. The van der Waals surface area contributed by atoms with Crippen LogP contribution in [0.25, 0.3) is 6.08 Å². The van der Waals surface area contributed by atoms with Crippen molar-refractivity contribution in [2.45, 2.75) is 55.3 Å². The molecule has 0 radical (unpaired) electrons. The van der Waals surface area contributed by atoms with Crippen molar-refractivity contribution in [3.63, 3.8) is 0 Å². The zero-order valence-electron chi connectivity index (χ0n) is 16.4. The highest BCUT2D eigenvalue weighted by molar-refractivity contribution is 8.00. The molecule has 0 N–H and O–H groups in total. The van der Waals surface area contributed by atoms with Gasteiger partial charge in [0.25, 0.3) is 0 Å². The molecule has 0 aromatic heterocycles. The van der Waals surface area contributed by atoms with Crippen LogP contribution in [0.4, 0.5) is 0 Å². The normalized spacial score (nSPS) is 24.4. The summed E-state index contributed by atoms with van der Waals surface area (Å²) in [4.78, 5) is 1.39. The third-order valence-corrected chi connectivity index (χ3v) is 11.7. The van der Waals surface area contributed by atoms with E-state index in [0.29, 0.717) is 11.2 Å². The summed E-state index contributed by atoms with van der Waals surface area (Å²) in [5.74, 6) is 1.58. The van der Waals surface area contributed by atoms with E-state index in [9.17, 15) is 0 Å². The van der Waals surface area contributed by atoms with Gasteiger partial charge in [-0.2, -0.15) is 0 Å². The topological polar surface area (TPSA) is 9.23 Å². The number of methoxy groups -OCH3 is 1. The van der Waals surface area contributed by atoms with Crippen LogP contribution in [0, 0.1) is 0 Å². The molecule has 1 aromatic carbocycles. The van der Waals surface area contributed by atoms with Gasteiger partial charge in [-0.1, -0.05) is 74.0 Å². The molecule has 0 saturated heterocycles. The van der Waals surface area contributed by atoms with Gasteiger partial charge >= 0.3 is 0 Å². The third kappa shape index (κ3) is 2.56. The van der Waals surface area contributed by atoms with E-state index in [1.54, 1.807) is 12.3 Å². The predicted octanol–water partition coefficient (Wildman–Crippen LogP) is 6.27. The Balaban J connectivity index is 2.01. The van der Waals surface area contributed by atoms with Gasteiger partial charge in [0.05, 0.1) is 28.2 Å². The molecule has 2 atom stereocenters. The average Bonchev–Trinajstić information content (AvgIpc) is 2.91. The molecule has 0 spiro atoms. The molecule has 3 aliphatic rings. The Morgan fingerprint density at radius 1 is 0.960 bits per heavy atom. The minimum Gasteiger partial charge on any atom is -0.496 e. The van der Waals surface area contributed by atoms with Gasteiger partial charge in [0.15, 0.2) is 0 Å². The highest BCUT2D eigenvalue weighted by atomic mass is 32.2. The molecule has 1 aromatic rings. The fourth-order valence-electron chi connectivity index (χ4n) is 4.53. The van der Waals surface area contributed by atoms with Gasteiger partial charge in [0.1, 0.15) is 5.75 Å². The van der Waals surface area contributed by atoms with Crippen molar-refractivity contribution >= 4 is 34.0 Å². The maximum atomic E-state index is 5.73. The Kier molecular flexibility index (Phi) is 3.84. The summed E-state index contributed by atoms with van der Waals surface area (Å²) in [5.41, 5.74) is 4.43. The summed E-state index contributed by atoms with van der Waals surface area (Å²) in [6, 6.07) is 4.38. The van der Waals surface area contributed by atoms with Crippen molar-refractivity contribution in [1.82, 2.24) is 0 Å². The van der Waals surface area contributed by atoms with Crippen molar-refractivity contribution in [2.24, 2.45) is 0 Å². The highest BCUT2D eigenvalue weighted by Gasteiger charge is 2.48. The molecule has 0 amide bonds. The summed E-state index contributed by atoms with van der Waals surface area (Å²) in [6.45, 7) is 15.1. The summed E-state index contributed by atoms with van der Waals surface area (Å²) >= 11 is 2.08. The fraction of sp³-hybridized carbons (Fsp3) is 0.429. The van der Waals surface area contributed by atoms with Crippen molar-refractivity contribution in [3.8, 4) is 5.75 Å². The van der Waals surface area contributed by atoms with E-state index in [1.807, 2.05) is 5.20 Å². The maximum absolute atomic E-state index is 5.73. The second kappa shape index (κ2) is 5.51. The smallest absolute Gasteiger partial charge is 0.132 e. The van der Waals surface area contributed by atoms with E-state index in [4.69, 9.17) is 4.74 Å². The Bertz CT molecular complexity index is 850. The first-order valence-corrected chi connectivity index (χ1v) is 17.0. The second-order valence-corrected chi connectivity index (χ2v) is 20.7. The fourth-order valence-corrected chi connectivity index (χ4v) is 13.2. The van der Waals surface area contributed by atoms with Crippen molar-refractivity contribution < 1.29 is 4.74 Å². The van der Waals surface area contributed by atoms with Gasteiger partial charge in [0.2, 0.25) is 0 Å². The summed E-state index contributed by atoms with van der Waals surface area (Å²) in [7, 11) is -1.01. The van der Waals surface area contributed by atoms with Gasteiger partial charge in [0, 0.05) is 11.2 Å². The van der Waals surface area contributed by atoms with Crippen LogP contribution in [0.15, 0.2) is 45.1 Å². The van der Waals surface area contributed by atoms with Gasteiger partial charge in [-0.25, -0.2) is 0 Å². The van der Waals surface area contributed by atoms with E-state index < -0.39 is 16.1 Å². The zero-order chi connectivity index (χ0) is 18.1. The molecule has 0 fully saturated rings. The van der Waals surface area contributed by atoms with Crippen LogP contribution in [-0.2, 0) is 0 Å². The largest absolute Gasteiger partial charge is 0.496 e. The Morgan fingerprint density at radius 2 is 1.68 bits per heavy atom. The van der Waals surface area contributed by atoms with Crippen molar-refractivity contribution in [2.75, 3.05) is 7.11 Å². The van der Waals surface area contributed by atoms with Crippen molar-refractivity contribution in [1.29, 1.82) is 0 Å². The number of rotatable bonds is 3. The lowest BCUT2D eigenvalue weighted by atomic mass is 9.79. The standard InChI is InChI=1S/C21H28OSSi2/c1-22-15-11-10-13-8-9-14-12-16(24(2,3)4)21(25(5,6)7)20-18(14)17(13)19(15)23-20/h8-12,18,20H,1-7H3/t18-,20+/m0/s1. The molecule has 1 heterocycles. The first-order valence-electron chi connectivity index (χ1n) is 9.15. The van der Waals surface area contributed by atoms with Crippen LogP contribution in [0.5, 0.6) is 5.75 Å². The number of thioether (sulfide) groups is 1. The lowest BCUT2D eigenvalue weighted by molar-refractivity contribution is 0.404. The number of ether oxygens (including phenoxy) is 1. The summed E-state index contributed by atoms with van der Waals surface area (Å²) in [5, 5.41) is 4.10. The molecule has 2 aliphatic carbocycles. The van der Waals surface area contributed by atoms with E-state index in [-0.39, 0.29) is 0 Å². The molecule has 4 rings (SSSR count). The lowest BCUT2D eigenvalue weighted by Gasteiger charge is -2.41. The molecule has 0 saturated carbocycles. The van der Waals surface area contributed by atoms with Crippen LogP contribution in [0.3, 0.4) is 0 Å². The van der Waals surface area contributed by atoms with Gasteiger partial charge in [-0.05, 0) is 22.8 Å². The third-order valence-electron chi connectivity index (χ3n) is 5.59. The maximum Gasteiger partial charge on any atom is 0.132 e. The minimum absolute atomic E-state index is 0.525. The van der Waals surface area contributed by atoms with Crippen LogP contribution in [-0.4, -0.2) is 28.5 Å². The van der Waals surface area contributed by atoms with E-state index in [0.717, 1.165) is 5.75 Å². The van der Waals surface area contributed by atoms with Gasteiger partial charge in [-0.15, -0.1) is 11.8 Å². The summed E-state index contributed by atoms with van der Waals surface area (Å²) < 4.78 is 5.73. The molecule has 0 unspecified atom stereocenters. The van der Waals surface area contributed by atoms with E-state index >= 15 is 0 Å². The second-order valence-electron chi connectivity index (χ2n) is 9.42. The van der Waals surface area contributed by atoms with E-state index in [1.165, 1.54) is 21.6 Å². The Hall–Kier alpha value is -0.976. The molecule has 132 valence electrons. The van der Waals surface area contributed by atoms with Gasteiger partial charge < -0.3 is 4.74 Å². The first-order chi connectivity index (χ1) is 11.6. The average molecular weight is 385 g/mol. The molecule has 4 heteroatoms. The molecule has 1 nitrogen and oxygen atoms in total. The van der Waals surface area contributed by atoms with Crippen LogP contribution in [0.2, 0.25) is 39.3 Å². The number of hydrogen-bond donors (Lipinski definition) is 0. The Labute approximate surface area is 158 Å². The predicted molar refractivity (Wildman–Crippen MR) is 116 cm³/mol. The van der Waals surface area contributed by atoms with Gasteiger partial charge in [-0.3, -0.25) is 0 Å². The lowest BCUT2D eigenvalue weighted by Crippen LogP contribution is -2.41. The van der Waals surface area contributed by atoms with Crippen molar-refractivity contribution in [3.05, 3.63) is 51.4 Å². The number of allylic oxidation sites excluding steroid dienone is 4. The molecule has 0 bridgehead atoms. The van der Waals surface area contributed by atoms with Crippen LogP contribution < -0.4 is 4.74 Å². The molecular formula is C21H28OSSi2. The first kappa shape index (κ1) is 17.4. The monoisotopic (exact) mass is 384 g/mol. The quantitative estimate of drug-likeness (QED) is 0.568. The SMILES string of the molecule is COc1ccc2c3c1S[C@H]1C([Si](C)(C)C)=C([Si](C)(C)C)C=C(C=C2)[C@@H]31. The number of hydrogen-bond acceptors (Lipinski definition) is 2. The highest BCUT2D eigenvalue weighted by Crippen LogP contribution is 2.61. The minimum atomic E-state index is -1.42. The zero-order valence-corrected chi connectivity index (χ0v) is 19.2. The molecular weight excluding hydrogens is 356 g/mol. The molecule has 25 heavy (non-hydrogen) atoms.